The molecule has 0 bridgehead atoms. The van der Waals surface area contributed by atoms with Crippen LogP contribution in [-0.2, 0) is 0 Å². The third-order valence-electron chi connectivity index (χ3n) is 2.14. The number of nitrogens with two attached hydrogens (primary N) is 2. The summed E-state index contributed by atoms with van der Waals surface area (Å²) in [6.07, 6.45) is 0. The lowest BCUT2D eigenvalue weighted by Crippen LogP contribution is -2.23. The fraction of sp³-hybridized carbons (Fsp3) is 0.300. The van der Waals surface area contributed by atoms with E-state index in [1.165, 1.54) is 13.2 Å². The lowest BCUT2D eigenvalue weighted by molar-refractivity contribution is 0.0694. The summed E-state index contributed by atoms with van der Waals surface area (Å²) >= 11 is 0. The lowest BCUT2D eigenvalue weighted by atomic mass is 10.0. The molecule has 0 aliphatic carbocycles. The molecule has 0 radical (unpaired) electrons. The molecule has 5 nitrogen and oxygen atoms in total. The van der Waals surface area contributed by atoms with Gasteiger partial charge in [0.1, 0.15) is 5.75 Å². The molecule has 1 rings (SSSR count). The molecule has 0 aliphatic heterocycles. The van der Waals surface area contributed by atoms with Crippen molar-refractivity contribution < 1.29 is 14.6 Å². The molecule has 0 spiro atoms. The van der Waals surface area contributed by atoms with Crippen LogP contribution in [0, 0.1) is 0 Å². The van der Waals surface area contributed by atoms with E-state index in [0.717, 1.165) is 0 Å². The van der Waals surface area contributed by atoms with E-state index in [-0.39, 0.29) is 12.1 Å². The minimum Gasteiger partial charge on any atom is -0.497 e. The second-order valence-corrected chi connectivity index (χ2v) is 3.10. The van der Waals surface area contributed by atoms with E-state index in [0.29, 0.717) is 11.3 Å². The van der Waals surface area contributed by atoms with Crippen LogP contribution in [0.25, 0.3) is 0 Å². The van der Waals surface area contributed by atoms with Crippen molar-refractivity contribution in [1.29, 1.82) is 0 Å². The van der Waals surface area contributed by atoms with Gasteiger partial charge in [-0.15, -0.1) is 0 Å². The zero-order chi connectivity index (χ0) is 11.4. The number of rotatable bonds is 4. The maximum absolute atomic E-state index is 11.0. The summed E-state index contributed by atoms with van der Waals surface area (Å²) in [4.78, 5) is 11.0. The number of hydrogen-bond donors (Lipinski definition) is 3. The van der Waals surface area contributed by atoms with Gasteiger partial charge in [-0.1, -0.05) is 6.07 Å². The zero-order valence-corrected chi connectivity index (χ0v) is 8.43. The summed E-state index contributed by atoms with van der Waals surface area (Å²) in [6, 6.07) is 4.26. The molecule has 0 saturated heterocycles. The number of aromatic carboxylic acids is 1. The molecule has 1 aromatic carbocycles. The van der Waals surface area contributed by atoms with Crippen LogP contribution in [0.4, 0.5) is 0 Å². The number of benzene rings is 1. The van der Waals surface area contributed by atoms with Crippen LogP contribution in [0.1, 0.15) is 22.0 Å². The summed E-state index contributed by atoms with van der Waals surface area (Å²) in [5, 5.41) is 8.98. The summed E-state index contributed by atoms with van der Waals surface area (Å²) in [7, 11) is 1.48. The van der Waals surface area contributed by atoms with Crippen molar-refractivity contribution in [3.05, 3.63) is 29.3 Å². The molecular weight excluding hydrogens is 196 g/mol. The smallest absolute Gasteiger partial charge is 0.336 e. The molecule has 15 heavy (non-hydrogen) atoms. The first kappa shape index (κ1) is 11.5. The van der Waals surface area contributed by atoms with Crippen molar-refractivity contribution in [2.45, 2.75) is 6.04 Å². The predicted octanol–water partition coefficient (Wildman–Crippen LogP) is 0.352. The first-order chi connectivity index (χ1) is 7.10. The number of methoxy groups -OCH3 is 1. The molecule has 0 saturated carbocycles. The fourth-order valence-electron chi connectivity index (χ4n) is 1.30. The second-order valence-electron chi connectivity index (χ2n) is 3.10. The average molecular weight is 210 g/mol. The van der Waals surface area contributed by atoms with Crippen molar-refractivity contribution in [3.63, 3.8) is 0 Å². The summed E-state index contributed by atoms with van der Waals surface area (Å²) in [5.41, 5.74) is 11.7. The van der Waals surface area contributed by atoms with Crippen molar-refractivity contribution in [2.75, 3.05) is 13.7 Å². The third-order valence-corrected chi connectivity index (χ3v) is 2.14. The van der Waals surface area contributed by atoms with Gasteiger partial charge < -0.3 is 21.3 Å². The molecule has 0 heterocycles. The molecule has 0 aliphatic rings. The number of hydrogen-bond acceptors (Lipinski definition) is 4. The monoisotopic (exact) mass is 210 g/mol. The SMILES string of the molecule is COc1ccc([C@H](N)CN)c(C(=O)O)c1. The van der Waals surface area contributed by atoms with E-state index in [9.17, 15) is 4.79 Å². The van der Waals surface area contributed by atoms with Crippen LogP contribution in [0.2, 0.25) is 0 Å². The van der Waals surface area contributed by atoms with Crippen molar-refractivity contribution >= 4 is 5.97 Å². The van der Waals surface area contributed by atoms with Gasteiger partial charge in [-0.05, 0) is 17.7 Å². The Morgan fingerprint density at radius 2 is 2.27 bits per heavy atom. The number of carboxylic acid groups (broad SMARTS) is 1. The summed E-state index contributed by atoms with van der Waals surface area (Å²) in [5.74, 6) is -0.548. The normalized spacial score (nSPS) is 12.2. The van der Waals surface area contributed by atoms with Gasteiger partial charge in [-0.2, -0.15) is 0 Å². The van der Waals surface area contributed by atoms with Crippen LogP contribution in [0.15, 0.2) is 18.2 Å². The van der Waals surface area contributed by atoms with Crippen molar-refractivity contribution in [1.82, 2.24) is 0 Å². The van der Waals surface area contributed by atoms with Crippen LogP contribution in [0.3, 0.4) is 0 Å². The van der Waals surface area contributed by atoms with Crippen LogP contribution in [-0.4, -0.2) is 24.7 Å². The molecule has 5 heteroatoms. The maximum Gasteiger partial charge on any atom is 0.336 e. The molecule has 82 valence electrons. The number of ether oxygens (including phenoxy) is 1. The van der Waals surface area contributed by atoms with Crippen molar-refractivity contribution in [3.8, 4) is 5.75 Å². The summed E-state index contributed by atoms with van der Waals surface area (Å²) in [6.45, 7) is 0.201. The Labute approximate surface area is 87.6 Å². The van der Waals surface area contributed by atoms with E-state index in [4.69, 9.17) is 21.3 Å². The Hall–Kier alpha value is -1.59. The highest BCUT2D eigenvalue weighted by Crippen LogP contribution is 2.21. The Morgan fingerprint density at radius 1 is 1.60 bits per heavy atom. The van der Waals surface area contributed by atoms with E-state index in [1.807, 2.05) is 0 Å². The molecular formula is C10H14N2O3. The lowest BCUT2D eigenvalue weighted by Gasteiger charge is -2.13. The molecule has 5 N–H and O–H groups in total. The Bertz CT molecular complexity index is 366. The van der Waals surface area contributed by atoms with Gasteiger partial charge in [-0.3, -0.25) is 0 Å². The molecule has 1 atom stereocenters. The fourth-order valence-corrected chi connectivity index (χ4v) is 1.30. The maximum atomic E-state index is 11.0. The van der Waals surface area contributed by atoms with E-state index < -0.39 is 12.0 Å². The van der Waals surface area contributed by atoms with E-state index in [1.54, 1.807) is 12.1 Å². The molecule has 0 aromatic heterocycles. The first-order valence-corrected chi connectivity index (χ1v) is 4.47. The third kappa shape index (κ3) is 2.45. The van der Waals surface area contributed by atoms with E-state index in [2.05, 4.69) is 0 Å². The van der Waals surface area contributed by atoms with Crippen LogP contribution >= 0.6 is 0 Å². The Balaban J connectivity index is 3.21. The highest BCUT2D eigenvalue weighted by Gasteiger charge is 2.15. The van der Waals surface area contributed by atoms with Gasteiger partial charge in [-0.25, -0.2) is 4.79 Å². The van der Waals surface area contributed by atoms with Gasteiger partial charge in [0.15, 0.2) is 0 Å². The molecule has 0 amide bonds. The second kappa shape index (κ2) is 4.77. The highest BCUT2D eigenvalue weighted by molar-refractivity contribution is 5.90. The van der Waals surface area contributed by atoms with Gasteiger partial charge in [0.05, 0.1) is 12.7 Å². The minimum absolute atomic E-state index is 0.132. The van der Waals surface area contributed by atoms with Crippen LogP contribution < -0.4 is 16.2 Å². The number of carboxylic acids is 1. The van der Waals surface area contributed by atoms with Crippen molar-refractivity contribution in [2.24, 2.45) is 11.5 Å². The summed E-state index contributed by atoms with van der Waals surface area (Å²) < 4.78 is 4.94. The van der Waals surface area contributed by atoms with Crippen LogP contribution in [0.5, 0.6) is 5.75 Å². The quantitative estimate of drug-likeness (QED) is 0.666. The van der Waals surface area contributed by atoms with Gasteiger partial charge >= 0.3 is 5.97 Å². The van der Waals surface area contributed by atoms with Gasteiger partial charge in [0, 0.05) is 12.6 Å². The first-order valence-electron chi connectivity index (χ1n) is 4.47. The Kier molecular flexibility index (Phi) is 3.65. The van der Waals surface area contributed by atoms with Gasteiger partial charge in [0.2, 0.25) is 0 Å². The zero-order valence-electron chi connectivity index (χ0n) is 8.43. The topological polar surface area (TPSA) is 98.6 Å². The van der Waals surface area contributed by atoms with Gasteiger partial charge in [0.25, 0.3) is 0 Å². The molecule has 1 aromatic rings. The molecule has 0 fully saturated rings. The standard InChI is InChI=1S/C10H14N2O3/c1-15-6-2-3-7(9(12)5-11)8(4-6)10(13)14/h2-4,9H,5,11-12H2,1H3,(H,13,14)/t9-/m1/s1. The number of carbonyl (C=O) groups is 1. The Morgan fingerprint density at radius 3 is 2.73 bits per heavy atom. The largest absolute Gasteiger partial charge is 0.497 e. The molecule has 0 unspecified atom stereocenters. The highest BCUT2D eigenvalue weighted by atomic mass is 16.5. The van der Waals surface area contributed by atoms with E-state index >= 15 is 0 Å². The average Bonchev–Trinajstić information content (AvgIpc) is 2.27. The minimum atomic E-state index is -1.03. The predicted molar refractivity (Wildman–Crippen MR) is 55.9 cm³/mol.